The minimum atomic E-state index is 0.356. The lowest BCUT2D eigenvalue weighted by atomic mass is 10.0. The third kappa shape index (κ3) is 2.64. The minimum Gasteiger partial charge on any atom is -0.240 e. The van der Waals surface area contributed by atoms with Crippen LogP contribution in [0.4, 0.5) is 0 Å². The minimum absolute atomic E-state index is 0.356. The zero-order valence-corrected chi connectivity index (χ0v) is 12.7. The van der Waals surface area contributed by atoms with Gasteiger partial charge in [0, 0.05) is 17.3 Å². The first-order valence-corrected chi connectivity index (χ1v) is 7.27. The van der Waals surface area contributed by atoms with E-state index in [1.54, 1.807) is 0 Å². The van der Waals surface area contributed by atoms with E-state index in [1.165, 1.54) is 11.1 Å². The molecule has 3 nitrogen and oxygen atoms in total. The van der Waals surface area contributed by atoms with Gasteiger partial charge in [0.2, 0.25) is 0 Å². The van der Waals surface area contributed by atoms with Crippen LogP contribution >= 0.6 is 0 Å². The number of hydrogen-bond acceptors (Lipinski definition) is 2. The van der Waals surface area contributed by atoms with Crippen LogP contribution in [0.3, 0.4) is 0 Å². The van der Waals surface area contributed by atoms with Gasteiger partial charge in [-0.3, -0.25) is 0 Å². The molecular formula is C19H17N3. The Morgan fingerprint density at radius 1 is 1.05 bits per heavy atom. The Morgan fingerprint density at radius 2 is 1.82 bits per heavy atom. The zero-order valence-electron chi connectivity index (χ0n) is 12.7. The van der Waals surface area contributed by atoms with Crippen LogP contribution in [0.2, 0.25) is 0 Å². The standard InChI is InChI=1S/C19H17N3/c1-14-8-9-16(12-15(14)2)19-17(10-11-20)13-22(21-19)18-6-4-3-5-7-18/h3-9,12-13H,10H2,1-2H3. The van der Waals surface area contributed by atoms with E-state index in [4.69, 9.17) is 10.4 Å². The number of nitrogens with zero attached hydrogens (tertiary/aromatic N) is 3. The van der Waals surface area contributed by atoms with Crippen molar-refractivity contribution >= 4 is 0 Å². The number of nitriles is 1. The molecule has 0 fully saturated rings. The molecule has 0 N–H and O–H groups in total. The van der Waals surface area contributed by atoms with Crippen molar-refractivity contribution in [3.63, 3.8) is 0 Å². The zero-order chi connectivity index (χ0) is 15.5. The highest BCUT2D eigenvalue weighted by Gasteiger charge is 2.12. The van der Waals surface area contributed by atoms with Crippen molar-refractivity contribution in [1.29, 1.82) is 5.26 Å². The molecule has 0 spiro atoms. The molecule has 0 saturated carbocycles. The van der Waals surface area contributed by atoms with Crippen LogP contribution in [0.5, 0.6) is 0 Å². The quantitative estimate of drug-likeness (QED) is 0.723. The van der Waals surface area contributed by atoms with Gasteiger partial charge in [0.1, 0.15) is 0 Å². The molecule has 0 bridgehead atoms. The summed E-state index contributed by atoms with van der Waals surface area (Å²) in [5, 5.41) is 13.8. The smallest absolute Gasteiger partial charge is 0.0970 e. The summed E-state index contributed by atoms with van der Waals surface area (Å²) in [5.41, 5.74) is 6.38. The topological polar surface area (TPSA) is 41.6 Å². The average molecular weight is 287 g/mol. The molecule has 22 heavy (non-hydrogen) atoms. The van der Waals surface area contributed by atoms with Crippen LogP contribution in [0.1, 0.15) is 16.7 Å². The lowest BCUT2D eigenvalue weighted by Crippen LogP contribution is -1.94. The number of aryl methyl sites for hydroxylation is 2. The van der Waals surface area contributed by atoms with Crippen LogP contribution in [-0.4, -0.2) is 9.78 Å². The second kappa shape index (κ2) is 5.87. The van der Waals surface area contributed by atoms with Gasteiger partial charge in [-0.15, -0.1) is 0 Å². The van der Waals surface area contributed by atoms with Gasteiger partial charge in [-0.25, -0.2) is 4.68 Å². The summed E-state index contributed by atoms with van der Waals surface area (Å²) in [7, 11) is 0. The lowest BCUT2D eigenvalue weighted by Gasteiger charge is -2.04. The predicted octanol–water partition coefficient (Wildman–Crippen LogP) is 4.22. The highest BCUT2D eigenvalue weighted by atomic mass is 15.3. The van der Waals surface area contributed by atoms with Gasteiger partial charge in [0.05, 0.1) is 23.9 Å². The molecule has 0 aliphatic carbocycles. The Kier molecular flexibility index (Phi) is 3.76. The average Bonchev–Trinajstić information content (AvgIpc) is 2.95. The molecule has 3 heteroatoms. The molecule has 0 radical (unpaired) electrons. The highest BCUT2D eigenvalue weighted by Crippen LogP contribution is 2.26. The molecule has 1 aromatic heterocycles. The first-order chi connectivity index (χ1) is 10.7. The van der Waals surface area contributed by atoms with Crippen molar-refractivity contribution in [1.82, 2.24) is 9.78 Å². The van der Waals surface area contributed by atoms with Gasteiger partial charge in [-0.2, -0.15) is 10.4 Å². The molecule has 0 saturated heterocycles. The van der Waals surface area contributed by atoms with Crippen LogP contribution in [0, 0.1) is 25.2 Å². The Labute approximate surface area is 130 Å². The fourth-order valence-electron chi connectivity index (χ4n) is 2.47. The fraction of sp³-hybridized carbons (Fsp3) is 0.158. The number of benzene rings is 2. The van der Waals surface area contributed by atoms with E-state index in [0.717, 1.165) is 22.5 Å². The van der Waals surface area contributed by atoms with E-state index in [2.05, 4.69) is 38.1 Å². The maximum Gasteiger partial charge on any atom is 0.0970 e. The van der Waals surface area contributed by atoms with E-state index in [0.29, 0.717) is 6.42 Å². The Morgan fingerprint density at radius 3 is 2.50 bits per heavy atom. The molecule has 0 amide bonds. The lowest BCUT2D eigenvalue weighted by molar-refractivity contribution is 0.883. The number of rotatable bonds is 3. The monoisotopic (exact) mass is 287 g/mol. The maximum atomic E-state index is 9.08. The van der Waals surface area contributed by atoms with Gasteiger partial charge in [-0.05, 0) is 43.2 Å². The summed E-state index contributed by atoms with van der Waals surface area (Å²) in [6.45, 7) is 4.19. The first kappa shape index (κ1) is 14.1. The normalized spacial score (nSPS) is 10.4. The van der Waals surface area contributed by atoms with Crippen molar-refractivity contribution in [2.24, 2.45) is 0 Å². The van der Waals surface area contributed by atoms with Gasteiger partial charge in [0.15, 0.2) is 0 Å². The number of para-hydroxylation sites is 1. The molecular weight excluding hydrogens is 270 g/mol. The molecule has 1 heterocycles. The Balaban J connectivity index is 2.12. The van der Waals surface area contributed by atoms with Crippen molar-refractivity contribution in [2.45, 2.75) is 20.3 Å². The molecule has 3 aromatic rings. The molecule has 0 unspecified atom stereocenters. The molecule has 2 aromatic carbocycles. The van der Waals surface area contributed by atoms with E-state index in [9.17, 15) is 0 Å². The van der Waals surface area contributed by atoms with Crippen molar-refractivity contribution in [3.05, 3.63) is 71.4 Å². The molecule has 0 aliphatic rings. The third-order valence-electron chi connectivity index (χ3n) is 3.86. The Hall–Kier alpha value is -2.86. The van der Waals surface area contributed by atoms with Gasteiger partial charge < -0.3 is 0 Å². The summed E-state index contributed by atoms with van der Waals surface area (Å²) in [4.78, 5) is 0. The van der Waals surface area contributed by atoms with E-state index in [1.807, 2.05) is 41.2 Å². The molecule has 0 atom stereocenters. The summed E-state index contributed by atoms with van der Waals surface area (Å²) < 4.78 is 1.84. The van der Waals surface area contributed by atoms with Gasteiger partial charge in [0.25, 0.3) is 0 Å². The molecule has 3 rings (SSSR count). The number of aromatic nitrogens is 2. The van der Waals surface area contributed by atoms with E-state index >= 15 is 0 Å². The Bertz CT molecular complexity index is 839. The third-order valence-corrected chi connectivity index (χ3v) is 3.86. The van der Waals surface area contributed by atoms with Gasteiger partial charge in [-0.1, -0.05) is 30.3 Å². The van der Waals surface area contributed by atoms with Crippen molar-refractivity contribution < 1.29 is 0 Å². The van der Waals surface area contributed by atoms with Crippen LogP contribution < -0.4 is 0 Å². The first-order valence-electron chi connectivity index (χ1n) is 7.27. The second-order valence-electron chi connectivity index (χ2n) is 5.42. The summed E-state index contributed by atoms with van der Waals surface area (Å²) in [6, 6.07) is 18.5. The SMILES string of the molecule is Cc1ccc(-c2nn(-c3ccccc3)cc2CC#N)cc1C. The molecule has 0 aliphatic heterocycles. The van der Waals surface area contributed by atoms with Crippen LogP contribution in [0.15, 0.2) is 54.7 Å². The van der Waals surface area contributed by atoms with Crippen molar-refractivity contribution in [3.8, 4) is 23.0 Å². The predicted molar refractivity (Wildman–Crippen MR) is 87.8 cm³/mol. The second-order valence-corrected chi connectivity index (χ2v) is 5.42. The molecule has 108 valence electrons. The maximum absolute atomic E-state index is 9.08. The largest absolute Gasteiger partial charge is 0.240 e. The summed E-state index contributed by atoms with van der Waals surface area (Å²) in [5.74, 6) is 0. The van der Waals surface area contributed by atoms with Crippen LogP contribution in [-0.2, 0) is 6.42 Å². The van der Waals surface area contributed by atoms with E-state index < -0.39 is 0 Å². The van der Waals surface area contributed by atoms with E-state index in [-0.39, 0.29) is 0 Å². The number of hydrogen-bond donors (Lipinski definition) is 0. The van der Waals surface area contributed by atoms with Crippen molar-refractivity contribution in [2.75, 3.05) is 0 Å². The van der Waals surface area contributed by atoms with Gasteiger partial charge >= 0.3 is 0 Å². The fourth-order valence-corrected chi connectivity index (χ4v) is 2.47. The highest BCUT2D eigenvalue weighted by molar-refractivity contribution is 5.65. The summed E-state index contributed by atoms with van der Waals surface area (Å²) in [6.07, 6.45) is 2.30. The van der Waals surface area contributed by atoms with Crippen LogP contribution in [0.25, 0.3) is 16.9 Å². The summed E-state index contributed by atoms with van der Waals surface area (Å²) >= 11 is 0.